The number of rotatable bonds is 7. The largest absolute Gasteiger partial charge is 0.481 e. The topological polar surface area (TPSA) is 55.8 Å². The summed E-state index contributed by atoms with van der Waals surface area (Å²) < 4.78 is 11.3. The molecule has 4 nitrogen and oxygen atoms in total. The summed E-state index contributed by atoms with van der Waals surface area (Å²) >= 11 is 0. The van der Waals surface area contributed by atoms with Gasteiger partial charge >= 0.3 is 5.97 Å². The molecule has 1 aliphatic carbocycles. The van der Waals surface area contributed by atoms with Crippen molar-refractivity contribution in [1.29, 1.82) is 0 Å². The Balaban J connectivity index is 1.62. The van der Waals surface area contributed by atoms with Gasteiger partial charge in [0.25, 0.3) is 0 Å². The van der Waals surface area contributed by atoms with Crippen LogP contribution in [0.4, 0.5) is 0 Å². The molecule has 0 aromatic rings. The molecule has 0 unspecified atom stereocenters. The van der Waals surface area contributed by atoms with Crippen molar-refractivity contribution in [2.75, 3.05) is 13.2 Å². The van der Waals surface area contributed by atoms with E-state index in [9.17, 15) is 4.79 Å². The smallest absolute Gasteiger partial charge is 0.311 e. The van der Waals surface area contributed by atoms with E-state index in [2.05, 4.69) is 6.92 Å². The van der Waals surface area contributed by atoms with Crippen LogP contribution in [-0.4, -0.2) is 30.6 Å². The molecule has 0 aromatic carbocycles. The minimum absolute atomic E-state index is 0.165. The molecule has 2 rings (SSSR count). The minimum atomic E-state index is -0.816. The van der Waals surface area contributed by atoms with Crippen LogP contribution in [-0.2, 0) is 14.3 Å². The maximum atomic E-state index is 10.9. The number of hydrogen-bond donors (Lipinski definition) is 1. The lowest BCUT2D eigenvalue weighted by Crippen LogP contribution is -2.41. The fraction of sp³-hybridized carbons (Fsp3) is 0.941. The molecular formula is C17H30O4. The van der Waals surface area contributed by atoms with Crippen molar-refractivity contribution in [3.63, 3.8) is 0 Å². The van der Waals surface area contributed by atoms with E-state index < -0.39 is 11.9 Å². The van der Waals surface area contributed by atoms with Gasteiger partial charge in [0.05, 0.1) is 13.2 Å². The first-order valence-electron chi connectivity index (χ1n) is 8.66. The maximum absolute atomic E-state index is 10.9. The third-order valence-electron chi connectivity index (χ3n) is 5.01. The highest BCUT2D eigenvalue weighted by Gasteiger charge is 2.34. The molecule has 4 heteroatoms. The Hall–Kier alpha value is -0.610. The van der Waals surface area contributed by atoms with E-state index in [4.69, 9.17) is 14.6 Å². The number of carbonyl (C=O) groups is 1. The Bertz CT molecular complexity index is 302. The van der Waals surface area contributed by atoms with Crippen molar-refractivity contribution in [1.82, 2.24) is 0 Å². The van der Waals surface area contributed by atoms with Gasteiger partial charge in [0.15, 0.2) is 6.29 Å². The molecule has 1 saturated carbocycles. The third-order valence-corrected chi connectivity index (χ3v) is 5.01. The Morgan fingerprint density at radius 3 is 2.29 bits per heavy atom. The molecule has 1 N–H and O–H groups in total. The highest BCUT2D eigenvalue weighted by Crippen LogP contribution is 2.36. The van der Waals surface area contributed by atoms with Crippen molar-refractivity contribution in [3.8, 4) is 0 Å². The van der Waals surface area contributed by atoms with Gasteiger partial charge in [-0.1, -0.05) is 39.0 Å². The Labute approximate surface area is 128 Å². The van der Waals surface area contributed by atoms with Crippen molar-refractivity contribution in [2.45, 2.75) is 71.0 Å². The first-order chi connectivity index (χ1) is 10.2. The lowest BCUT2D eigenvalue weighted by molar-refractivity contribution is -0.231. The number of carboxylic acids is 1. The Kier molecular flexibility index (Phi) is 6.97. The van der Waals surface area contributed by atoms with Gasteiger partial charge in [-0.15, -0.1) is 0 Å². The van der Waals surface area contributed by atoms with Crippen molar-refractivity contribution in [2.24, 2.45) is 17.8 Å². The van der Waals surface area contributed by atoms with Crippen LogP contribution in [0.1, 0.15) is 64.7 Å². The molecular weight excluding hydrogens is 268 g/mol. The lowest BCUT2D eigenvalue weighted by Gasteiger charge is -2.36. The molecule has 2 aliphatic rings. The molecule has 2 fully saturated rings. The van der Waals surface area contributed by atoms with Crippen LogP contribution in [0.5, 0.6) is 0 Å². The molecule has 0 amide bonds. The fourth-order valence-corrected chi connectivity index (χ4v) is 3.54. The zero-order valence-corrected chi connectivity index (χ0v) is 13.3. The summed E-state index contributed by atoms with van der Waals surface area (Å²) in [6.07, 6.45) is 11.5. The summed E-state index contributed by atoms with van der Waals surface area (Å²) in [5.41, 5.74) is 0. The second-order valence-electron chi connectivity index (χ2n) is 6.70. The van der Waals surface area contributed by atoms with Crippen molar-refractivity contribution in [3.05, 3.63) is 0 Å². The zero-order valence-electron chi connectivity index (χ0n) is 13.3. The van der Waals surface area contributed by atoms with Crippen LogP contribution in [0.25, 0.3) is 0 Å². The zero-order chi connectivity index (χ0) is 15.1. The normalized spacial score (nSPS) is 33.8. The summed E-state index contributed by atoms with van der Waals surface area (Å²) in [5, 5.41) is 8.93. The van der Waals surface area contributed by atoms with E-state index in [1.165, 1.54) is 57.8 Å². The van der Waals surface area contributed by atoms with Gasteiger partial charge in [-0.25, -0.2) is 0 Å². The van der Waals surface area contributed by atoms with Crippen molar-refractivity contribution < 1.29 is 19.4 Å². The molecule has 0 aromatic heterocycles. The standard InChI is InChI=1S/C17H30O4/c1-2-3-4-5-6-13-7-9-14(10-8-13)17-20-11-15(12-21-17)16(18)19/h13-15,17H,2-12H2,1H3,(H,18,19). The highest BCUT2D eigenvalue weighted by atomic mass is 16.7. The maximum Gasteiger partial charge on any atom is 0.311 e. The van der Waals surface area contributed by atoms with Crippen molar-refractivity contribution >= 4 is 5.97 Å². The first kappa shape index (κ1) is 16.8. The fourth-order valence-electron chi connectivity index (χ4n) is 3.54. The van der Waals surface area contributed by atoms with Gasteiger partial charge in [-0.05, 0) is 31.6 Å². The molecule has 0 radical (unpaired) electrons. The number of carboxylic acid groups (broad SMARTS) is 1. The van der Waals surface area contributed by atoms with Gasteiger partial charge in [-0.2, -0.15) is 0 Å². The van der Waals surface area contributed by atoms with Gasteiger partial charge in [0.1, 0.15) is 5.92 Å². The molecule has 0 spiro atoms. The minimum Gasteiger partial charge on any atom is -0.481 e. The first-order valence-corrected chi connectivity index (χ1v) is 8.66. The van der Waals surface area contributed by atoms with Gasteiger partial charge < -0.3 is 14.6 Å². The van der Waals surface area contributed by atoms with Crippen LogP contribution in [0, 0.1) is 17.8 Å². The number of hydrogen-bond acceptors (Lipinski definition) is 3. The van der Waals surface area contributed by atoms with Gasteiger partial charge in [-0.3, -0.25) is 4.79 Å². The molecule has 1 heterocycles. The van der Waals surface area contributed by atoms with E-state index in [0.29, 0.717) is 19.1 Å². The molecule has 0 bridgehead atoms. The second-order valence-corrected chi connectivity index (χ2v) is 6.70. The van der Waals surface area contributed by atoms with Crippen LogP contribution in [0.3, 0.4) is 0 Å². The second kappa shape index (κ2) is 8.74. The quantitative estimate of drug-likeness (QED) is 0.726. The number of unbranched alkanes of at least 4 members (excludes halogenated alkanes) is 3. The molecule has 1 aliphatic heterocycles. The van der Waals surface area contributed by atoms with E-state index >= 15 is 0 Å². The van der Waals surface area contributed by atoms with E-state index in [1.807, 2.05) is 0 Å². The third kappa shape index (κ3) is 5.26. The SMILES string of the molecule is CCCCCCC1CCC(C2OCC(C(=O)O)CO2)CC1. The molecule has 122 valence electrons. The summed E-state index contributed by atoms with van der Waals surface area (Å²) in [6.45, 7) is 2.86. The summed E-state index contributed by atoms with van der Waals surface area (Å²) in [5.74, 6) is 0.0421. The van der Waals surface area contributed by atoms with Gasteiger partial charge in [0.2, 0.25) is 0 Å². The molecule has 21 heavy (non-hydrogen) atoms. The van der Waals surface area contributed by atoms with E-state index in [-0.39, 0.29) is 6.29 Å². The molecule has 1 saturated heterocycles. The van der Waals surface area contributed by atoms with Crippen LogP contribution in [0.15, 0.2) is 0 Å². The predicted octanol–water partition coefficient (Wildman–Crippen LogP) is 3.84. The van der Waals surface area contributed by atoms with Crippen LogP contribution >= 0.6 is 0 Å². The summed E-state index contributed by atoms with van der Waals surface area (Å²) in [6, 6.07) is 0. The Morgan fingerprint density at radius 2 is 1.71 bits per heavy atom. The summed E-state index contributed by atoms with van der Waals surface area (Å²) in [7, 11) is 0. The van der Waals surface area contributed by atoms with Gasteiger partial charge in [0, 0.05) is 5.92 Å². The molecule has 0 atom stereocenters. The Morgan fingerprint density at radius 1 is 1.05 bits per heavy atom. The highest BCUT2D eigenvalue weighted by molar-refractivity contribution is 5.70. The van der Waals surface area contributed by atoms with E-state index in [1.54, 1.807) is 0 Å². The monoisotopic (exact) mass is 298 g/mol. The lowest BCUT2D eigenvalue weighted by atomic mass is 9.79. The average Bonchev–Trinajstić information content (AvgIpc) is 2.52. The number of ether oxygens (including phenoxy) is 2. The average molecular weight is 298 g/mol. The number of aliphatic carboxylic acids is 1. The van der Waals surface area contributed by atoms with E-state index in [0.717, 1.165) is 5.92 Å². The predicted molar refractivity (Wildman–Crippen MR) is 81.0 cm³/mol. The van der Waals surface area contributed by atoms with Crippen LogP contribution in [0.2, 0.25) is 0 Å². The van der Waals surface area contributed by atoms with Crippen LogP contribution < -0.4 is 0 Å². The summed E-state index contributed by atoms with van der Waals surface area (Å²) in [4.78, 5) is 10.9.